The Morgan fingerprint density at radius 2 is 1.91 bits per heavy atom. The summed E-state index contributed by atoms with van der Waals surface area (Å²) in [5, 5.41) is 0. The molecule has 1 fully saturated rings. The second-order valence-corrected chi connectivity index (χ2v) is 8.44. The minimum Gasteiger partial charge on any atom is -0.493 e. The van der Waals surface area contributed by atoms with E-state index >= 15 is 0 Å². The van der Waals surface area contributed by atoms with E-state index in [1.807, 2.05) is 0 Å². The third kappa shape index (κ3) is 4.46. The van der Waals surface area contributed by atoms with Crippen LogP contribution < -0.4 is 20.3 Å². The Hall–Kier alpha value is -3.88. The van der Waals surface area contributed by atoms with Crippen LogP contribution in [-0.4, -0.2) is 42.2 Å². The van der Waals surface area contributed by atoms with Gasteiger partial charge in [-0.1, -0.05) is 18.2 Å². The Bertz CT molecular complexity index is 1130. The number of hydrazine groups is 1. The number of imide groups is 1. The lowest BCUT2D eigenvalue weighted by Crippen LogP contribution is -2.41. The van der Waals surface area contributed by atoms with Gasteiger partial charge in [0.2, 0.25) is 12.3 Å². The van der Waals surface area contributed by atoms with Crippen LogP contribution in [0.2, 0.25) is 0 Å². The quantitative estimate of drug-likeness (QED) is 0.334. The first kappa shape index (κ1) is 23.3. The summed E-state index contributed by atoms with van der Waals surface area (Å²) >= 11 is 0. The van der Waals surface area contributed by atoms with Gasteiger partial charge in [-0.05, 0) is 61.9 Å². The zero-order chi connectivity index (χ0) is 24.2. The molecular formula is C25H27N3O6. The number of ether oxygens (including phenoxy) is 2. The van der Waals surface area contributed by atoms with Crippen molar-refractivity contribution in [2.45, 2.75) is 51.2 Å². The summed E-state index contributed by atoms with van der Waals surface area (Å²) in [6.45, 7) is 1.77. The highest BCUT2D eigenvalue weighted by Crippen LogP contribution is 2.39. The summed E-state index contributed by atoms with van der Waals surface area (Å²) in [5.74, 6) is -0.470. The van der Waals surface area contributed by atoms with Crippen LogP contribution in [-0.2, 0) is 9.59 Å². The van der Waals surface area contributed by atoms with Crippen LogP contribution in [0.5, 0.6) is 11.5 Å². The van der Waals surface area contributed by atoms with Gasteiger partial charge < -0.3 is 9.47 Å². The monoisotopic (exact) mass is 465 g/mol. The van der Waals surface area contributed by atoms with Crippen LogP contribution >= 0.6 is 0 Å². The van der Waals surface area contributed by atoms with Crippen molar-refractivity contribution >= 4 is 24.1 Å². The van der Waals surface area contributed by atoms with Crippen molar-refractivity contribution in [3.63, 3.8) is 0 Å². The molecule has 9 heteroatoms. The number of carbonyl (C=O) groups is 4. The van der Waals surface area contributed by atoms with Crippen LogP contribution in [0.3, 0.4) is 0 Å². The number of aryl methyl sites for hydroxylation is 1. The van der Waals surface area contributed by atoms with Gasteiger partial charge in [0.15, 0.2) is 11.5 Å². The molecule has 1 saturated carbocycles. The molecule has 0 spiro atoms. The largest absolute Gasteiger partial charge is 0.493 e. The Morgan fingerprint density at radius 3 is 2.59 bits per heavy atom. The van der Waals surface area contributed by atoms with Crippen molar-refractivity contribution in [3.05, 3.63) is 58.7 Å². The Morgan fingerprint density at radius 1 is 1.15 bits per heavy atom. The van der Waals surface area contributed by atoms with Crippen LogP contribution in [0, 0.1) is 6.92 Å². The highest BCUT2D eigenvalue weighted by atomic mass is 16.5. The number of rotatable bonds is 9. The summed E-state index contributed by atoms with van der Waals surface area (Å²) < 4.78 is 11.6. The molecule has 1 heterocycles. The van der Waals surface area contributed by atoms with Crippen LogP contribution in [0.4, 0.5) is 0 Å². The van der Waals surface area contributed by atoms with Gasteiger partial charge in [0.1, 0.15) is 0 Å². The number of hydrogen-bond donors (Lipinski definition) is 2. The number of methoxy groups -OCH3 is 1. The molecule has 1 atom stereocenters. The standard InChI is InChI=1S/C25H27N3O6/c1-15-6-5-9-18-23(15)25(32)28(24(18)31)19(13-22(30)27-26-14-29)16-10-11-20(33-2)21(12-16)34-17-7-3-4-8-17/h5-6,9-12,14,17,19H,3-4,7-8,13H2,1-2H3,(H,26,29)(H,27,30). The maximum absolute atomic E-state index is 13.4. The van der Waals surface area contributed by atoms with Crippen molar-refractivity contribution in [1.29, 1.82) is 0 Å². The maximum Gasteiger partial charge on any atom is 0.262 e. The lowest BCUT2D eigenvalue weighted by Gasteiger charge is -2.27. The van der Waals surface area contributed by atoms with Gasteiger partial charge in [-0.25, -0.2) is 0 Å². The average Bonchev–Trinajstić information content (AvgIpc) is 3.43. The fourth-order valence-electron chi connectivity index (χ4n) is 4.63. The van der Waals surface area contributed by atoms with E-state index in [-0.39, 0.29) is 12.5 Å². The third-order valence-corrected chi connectivity index (χ3v) is 6.28. The predicted molar refractivity (Wildman–Crippen MR) is 122 cm³/mol. The molecule has 178 valence electrons. The molecule has 4 rings (SSSR count). The van der Waals surface area contributed by atoms with E-state index in [1.165, 1.54) is 0 Å². The lowest BCUT2D eigenvalue weighted by atomic mass is 10.0. The zero-order valence-corrected chi connectivity index (χ0v) is 19.1. The first-order valence-corrected chi connectivity index (χ1v) is 11.2. The van der Waals surface area contributed by atoms with E-state index in [2.05, 4.69) is 10.9 Å². The van der Waals surface area contributed by atoms with Crippen LogP contribution in [0.15, 0.2) is 36.4 Å². The molecule has 0 aromatic heterocycles. The second-order valence-electron chi connectivity index (χ2n) is 8.44. The fraction of sp³-hybridized carbons (Fsp3) is 0.360. The number of benzene rings is 2. The molecule has 9 nitrogen and oxygen atoms in total. The molecule has 2 aromatic carbocycles. The highest BCUT2D eigenvalue weighted by molar-refractivity contribution is 6.22. The first-order chi connectivity index (χ1) is 16.4. The van der Waals surface area contributed by atoms with Crippen molar-refractivity contribution in [2.75, 3.05) is 7.11 Å². The SMILES string of the molecule is COc1ccc(C(CC(=O)NNC=O)N2C(=O)c3cccc(C)c3C2=O)cc1OC1CCCC1. The number of nitrogens with one attached hydrogen (secondary N) is 2. The number of carbonyl (C=O) groups excluding carboxylic acids is 4. The van der Waals surface area contributed by atoms with E-state index in [4.69, 9.17) is 9.47 Å². The molecule has 0 bridgehead atoms. The second kappa shape index (κ2) is 9.94. The van der Waals surface area contributed by atoms with E-state index in [1.54, 1.807) is 50.4 Å². The summed E-state index contributed by atoms with van der Waals surface area (Å²) in [4.78, 5) is 50.9. The third-order valence-electron chi connectivity index (χ3n) is 6.28. The first-order valence-electron chi connectivity index (χ1n) is 11.2. The number of nitrogens with zero attached hydrogens (tertiary/aromatic N) is 1. The molecule has 1 unspecified atom stereocenters. The summed E-state index contributed by atoms with van der Waals surface area (Å²) in [7, 11) is 1.54. The van der Waals surface area contributed by atoms with Gasteiger partial charge in [-0.15, -0.1) is 0 Å². The molecular weight excluding hydrogens is 438 g/mol. The Labute approximate surface area is 197 Å². The van der Waals surface area contributed by atoms with Crippen molar-refractivity contribution in [2.24, 2.45) is 0 Å². The van der Waals surface area contributed by atoms with Gasteiger partial charge >= 0.3 is 0 Å². The number of hydrogen-bond acceptors (Lipinski definition) is 6. The molecule has 0 saturated heterocycles. The van der Waals surface area contributed by atoms with Gasteiger partial charge in [0, 0.05) is 0 Å². The lowest BCUT2D eigenvalue weighted by molar-refractivity contribution is -0.125. The van der Waals surface area contributed by atoms with E-state index in [0.717, 1.165) is 30.6 Å². The predicted octanol–water partition coefficient (Wildman–Crippen LogP) is 2.83. The van der Waals surface area contributed by atoms with E-state index in [9.17, 15) is 19.2 Å². The Kier molecular flexibility index (Phi) is 6.81. The Balaban J connectivity index is 1.73. The van der Waals surface area contributed by atoms with Crippen molar-refractivity contribution < 1.29 is 28.7 Å². The molecule has 34 heavy (non-hydrogen) atoms. The molecule has 4 amide bonds. The van der Waals surface area contributed by atoms with Crippen LogP contribution in [0.1, 0.15) is 70.0 Å². The molecule has 0 radical (unpaired) electrons. The normalized spacial score (nSPS) is 16.2. The van der Waals surface area contributed by atoms with Gasteiger partial charge in [-0.2, -0.15) is 0 Å². The number of amides is 4. The van der Waals surface area contributed by atoms with Crippen LogP contribution in [0.25, 0.3) is 0 Å². The van der Waals surface area contributed by atoms with E-state index < -0.39 is 23.8 Å². The van der Waals surface area contributed by atoms with Gasteiger partial charge in [0.25, 0.3) is 11.8 Å². The minimum atomic E-state index is -0.919. The average molecular weight is 466 g/mol. The maximum atomic E-state index is 13.4. The van der Waals surface area contributed by atoms with Crippen molar-refractivity contribution in [3.8, 4) is 11.5 Å². The summed E-state index contributed by atoms with van der Waals surface area (Å²) in [5.41, 5.74) is 6.23. The van der Waals surface area contributed by atoms with Gasteiger partial charge in [-0.3, -0.25) is 34.9 Å². The highest BCUT2D eigenvalue weighted by Gasteiger charge is 2.42. The summed E-state index contributed by atoms with van der Waals surface area (Å²) in [6, 6.07) is 9.31. The topological polar surface area (TPSA) is 114 Å². The zero-order valence-electron chi connectivity index (χ0n) is 19.1. The van der Waals surface area contributed by atoms with Gasteiger partial charge in [0.05, 0.1) is 36.8 Å². The molecule has 2 aromatic rings. The molecule has 1 aliphatic heterocycles. The van der Waals surface area contributed by atoms with Crippen molar-refractivity contribution in [1.82, 2.24) is 15.8 Å². The minimum absolute atomic E-state index is 0.0599. The molecule has 2 aliphatic rings. The number of fused-ring (bicyclic) bond motifs is 1. The smallest absolute Gasteiger partial charge is 0.262 e. The van der Waals surface area contributed by atoms with E-state index in [0.29, 0.717) is 40.2 Å². The molecule has 2 N–H and O–H groups in total. The summed E-state index contributed by atoms with van der Waals surface area (Å²) in [6.07, 6.45) is 4.20. The molecule has 1 aliphatic carbocycles. The fourth-order valence-corrected chi connectivity index (χ4v) is 4.63.